The highest BCUT2D eigenvalue weighted by atomic mass is 16.6. The van der Waals surface area contributed by atoms with E-state index in [4.69, 9.17) is 9.47 Å². The Morgan fingerprint density at radius 2 is 1.27 bits per heavy atom. The second-order valence-electron chi connectivity index (χ2n) is 14.8. The van der Waals surface area contributed by atoms with Crippen molar-refractivity contribution in [2.24, 2.45) is 5.92 Å². The van der Waals surface area contributed by atoms with Gasteiger partial charge in [-0.2, -0.15) is 0 Å². The summed E-state index contributed by atoms with van der Waals surface area (Å²) >= 11 is 0. The molecule has 2 aromatic rings. The molecule has 2 aromatic carbocycles. The molecule has 2 rings (SSSR count). The van der Waals surface area contributed by atoms with Crippen LogP contribution in [0.2, 0.25) is 0 Å². The lowest BCUT2D eigenvalue weighted by Crippen LogP contribution is -2.56. The molecule has 9 heteroatoms. The number of nitrogens with zero attached hydrogens (tertiary/aromatic N) is 1. The smallest absolute Gasteiger partial charge is 0.408 e. The van der Waals surface area contributed by atoms with Crippen LogP contribution in [0.25, 0.3) is 0 Å². The van der Waals surface area contributed by atoms with E-state index in [1.807, 2.05) is 62.4 Å². The molecule has 0 heterocycles. The number of rotatable bonds is 17. The third-order valence-corrected chi connectivity index (χ3v) is 7.61. The second kappa shape index (κ2) is 19.2. The number of carbonyl (C=O) groups is 4. The molecular weight excluding hydrogens is 606 g/mol. The predicted octanol–water partition coefficient (Wildman–Crippen LogP) is 7.54. The third kappa shape index (κ3) is 14.5. The first-order valence-corrected chi connectivity index (χ1v) is 17.4. The van der Waals surface area contributed by atoms with E-state index < -0.39 is 53.2 Å². The second-order valence-corrected chi connectivity index (χ2v) is 14.8. The Bertz CT molecular complexity index is 1280. The lowest BCUT2D eigenvalue weighted by molar-refractivity contribution is -0.159. The van der Waals surface area contributed by atoms with Gasteiger partial charge in [-0.05, 0) is 65.0 Å². The minimum atomic E-state index is -1.07. The molecule has 0 spiro atoms. The molecule has 48 heavy (non-hydrogen) atoms. The molecule has 2 N–H and O–H groups in total. The fourth-order valence-corrected chi connectivity index (χ4v) is 5.33. The van der Waals surface area contributed by atoms with Crippen LogP contribution in [-0.2, 0) is 30.3 Å². The van der Waals surface area contributed by atoms with Gasteiger partial charge in [0.05, 0.1) is 0 Å². The number of hydrogen-bond acceptors (Lipinski definition) is 6. The van der Waals surface area contributed by atoms with E-state index in [1.165, 1.54) is 0 Å². The highest BCUT2D eigenvalue weighted by Gasteiger charge is 2.39. The lowest BCUT2D eigenvalue weighted by atomic mass is 9.97. The van der Waals surface area contributed by atoms with Crippen molar-refractivity contribution < 1.29 is 28.7 Å². The normalized spacial score (nSPS) is 13.6. The van der Waals surface area contributed by atoms with Crippen LogP contribution in [0, 0.1) is 5.92 Å². The van der Waals surface area contributed by atoms with Crippen LogP contribution in [0.3, 0.4) is 0 Å². The Morgan fingerprint density at radius 1 is 0.729 bits per heavy atom. The van der Waals surface area contributed by atoms with Gasteiger partial charge < -0.3 is 25.0 Å². The van der Waals surface area contributed by atoms with Crippen molar-refractivity contribution in [3.8, 4) is 0 Å². The monoisotopic (exact) mass is 665 g/mol. The standard InChI is InChI=1S/C39H59N3O6/c1-10-11-12-13-14-21-26-42(35(44)32(28(2)3)41-37(46)48-39(7,8)9)33(30-24-19-16-20-25-30)34(43)40-31(36(45)47-38(4,5)6)27-29-22-17-15-18-23-29/h15-20,22-25,28,31-33H,10-14,21,26-27H2,1-9H3,(H,40,43)(H,41,46). The predicted molar refractivity (Wildman–Crippen MR) is 190 cm³/mol. The lowest BCUT2D eigenvalue weighted by Gasteiger charge is -2.36. The summed E-state index contributed by atoms with van der Waals surface area (Å²) in [5.41, 5.74) is -0.0786. The number of hydrogen-bond donors (Lipinski definition) is 2. The first-order valence-electron chi connectivity index (χ1n) is 17.4. The summed E-state index contributed by atoms with van der Waals surface area (Å²) < 4.78 is 11.2. The van der Waals surface area contributed by atoms with E-state index in [1.54, 1.807) is 58.6 Å². The number of unbranched alkanes of at least 4 members (excludes halogenated alkanes) is 5. The maximum atomic E-state index is 14.6. The Kier molecular flexibility index (Phi) is 16.1. The Balaban J connectivity index is 2.55. The van der Waals surface area contributed by atoms with E-state index >= 15 is 0 Å². The zero-order chi connectivity index (χ0) is 35.9. The summed E-state index contributed by atoms with van der Waals surface area (Å²) in [6.45, 7) is 16.8. The first-order chi connectivity index (χ1) is 22.5. The first kappa shape index (κ1) is 40.3. The number of nitrogens with one attached hydrogen (secondary N) is 2. The Hall–Kier alpha value is -3.88. The average molecular weight is 666 g/mol. The van der Waals surface area contributed by atoms with Crippen molar-refractivity contribution in [1.29, 1.82) is 0 Å². The topological polar surface area (TPSA) is 114 Å². The van der Waals surface area contributed by atoms with Crippen molar-refractivity contribution in [2.45, 2.75) is 137 Å². The van der Waals surface area contributed by atoms with Gasteiger partial charge in [0.2, 0.25) is 11.8 Å². The average Bonchev–Trinajstić information content (AvgIpc) is 2.99. The van der Waals surface area contributed by atoms with Gasteiger partial charge in [0.1, 0.15) is 29.3 Å². The van der Waals surface area contributed by atoms with Gasteiger partial charge in [0.25, 0.3) is 0 Å². The van der Waals surface area contributed by atoms with Crippen LogP contribution in [0.4, 0.5) is 4.79 Å². The van der Waals surface area contributed by atoms with E-state index in [0.29, 0.717) is 12.0 Å². The van der Waals surface area contributed by atoms with Crippen LogP contribution in [0.1, 0.15) is 118 Å². The molecule has 0 aliphatic carbocycles. The van der Waals surface area contributed by atoms with Gasteiger partial charge in [0, 0.05) is 13.0 Å². The fourth-order valence-electron chi connectivity index (χ4n) is 5.33. The molecule has 3 amide bonds. The van der Waals surface area contributed by atoms with Gasteiger partial charge in [-0.3, -0.25) is 9.59 Å². The maximum Gasteiger partial charge on any atom is 0.408 e. The van der Waals surface area contributed by atoms with Gasteiger partial charge in [-0.1, -0.05) is 114 Å². The van der Waals surface area contributed by atoms with Crippen molar-refractivity contribution in [3.63, 3.8) is 0 Å². The van der Waals surface area contributed by atoms with Crippen LogP contribution in [0.15, 0.2) is 60.7 Å². The summed E-state index contributed by atoms with van der Waals surface area (Å²) in [6, 6.07) is 15.5. The van der Waals surface area contributed by atoms with Crippen molar-refractivity contribution >= 4 is 23.9 Å². The summed E-state index contributed by atoms with van der Waals surface area (Å²) in [4.78, 5) is 57.0. The van der Waals surface area contributed by atoms with Gasteiger partial charge in [0.15, 0.2) is 0 Å². The summed E-state index contributed by atoms with van der Waals surface area (Å²) in [7, 11) is 0. The molecule has 0 aliphatic rings. The Labute approximate surface area is 288 Å². The molecular formula is C39H59N3O6. The summed E-state index contributed by atoms with van der Waals surface area (Å²) in [5.74, 6) is -1.77. The van der Waals surface area contributed by atoms with E-state index in [9.17, 15) is 19.2 Å². The maximum absolute atomic E-state index is 14.6. The largest absolute Gasteiger partial charge is 0.458 e. The van der Waals surface area contributed by atoms with Crippen LogP contribution in [-0.4, -0.2) is 58.6 Å². The minimum Gasteiger partial charge on any atom is -0.458 e. The summed E-state index contributed by atoms with van der Waals surface area (Å²) in [5, 5.41) is 5.74. The quantitative estimate of drug-likeness (QED) is 0.133. The van der Waals surface area contributed by atoms with E-state index in [-0.39, 0.29) is 18.9 Å². The van der Waals surface area contributed by atoms with Crippen LogP contribution < -0.4 is 10.6 Å². The Morgan fingerprint density at radius 3 is 1.81 bits per heavy atom. The molecule has 0 aliphatic heterocycles. The molecule has 3 unspecified atom stereocenters. The third-order valence-electron chi connectivity index (χ3n) is 7.61. The molecule has 0 aromatic heterocycles. The number of esters is 1. The van der Waals surface area contributed by atoms with Crippen LogP contribution >= 0.6 is 0 Å². The van der Waals surface area contributed by atoms with E-state index in [0.717, 1.165) is 37.7 Å². The summed E-state index contributed by atoms with van der Waals surface area (Å²) in [6.07, 6.45) is 5.43. The van der Waals surface area contributed by atoms with Gasteiger partial charge in [-0.25, -0.2) is 9.59 Å². The number of amides is 3. The van der Waals surface area contributed by atoms with Crippen LogP contribution in [0.5, 0.6) is 0 Å². The highest BCUT2D eigenvalue weighted by Crippen LogP contribution is 2.26. The minimum absolute atomic E-state index is 0.212. The fraction of sp³-hybridized carbons (Fsp3) is 0.590. The zero-order valence-electron chi connectivity index (χ0n) is 30.6. The SMILES string of the molecule is CCCCCCCCN(C(=O)C(NC(=O)OC(C)(C)C)C(C)C)C(C(=O)NC(Cc1ccccc1)C(=O)OC(C)(C)C)c1ccccc1. The molecule has 0 saturated carbocycles. The van der Waals surface area contributed by atoms with Crippen molar-refractivity contribution in [2.75, 3.05) is 6.54 Å². The zero-order valence-corrected chi connectivity index (χ0v) is 30.6. The highest BCUT2D eigenvalue weighted by molar-refractivity contribution is 5.94. The van der Waals surface area contributed by atoms with Crippen molar-refractivity contribution in [1.82, 2.24) is 15.5 Å². The van der Waals surface area contributed by atoms with Gasteiger partial charge in [-0.15, -0.1) is 0 Å². The van der Waals surface area contributed by atoms with E-state index in [2.05, 4.69) is 17.6 Å². The van der Waals surface area contributed by atoms with Gasteiger partial charge >= 0.3 is 12.1 Å². The number of ether oxygens (including phenoxy) is 2. The number of carbonyl (C=O) groups excluding carboxylic acids is 4. The van der Waals surface area contributed by atoms with Crippen molar-refractivity contribution in [3.05, 3.63) is 71.8 Å². The molecule has 0 radical (unpaired) electrons. The molecule has 3 atom stereocenters. The number of benzene rings is 2. The number of alkyl carbamates (subject to hydrolysis) is 1. The molecule has 0 bridgehead atoms. The molecule has 266 valence electrons. The molecule has 9 nitrogen and oxygen atoms in total. The molecule has 0 fully saturated rings. The molecule has 0 saturated heterocycles.